The van der Waals surface area contributed by atoms with Crippen LogP contribution in [0.25, 0.3) is 0 Å². The third kappa shape index (κ3) is 12.8. The van der Waals surface area contributed by atoms with E-state index in [9.17, 15) is 29.1 Å². The van der Waals surface area contributed by atoms with Crippen LogP contribution in [0.1, 0.15) is 31.2 Å². The van der Waals surface area contributed by atoms with E-state index in [0.717, 1.165) is 0 Å². The lowest BCUT2D eigenvalue weighted by atomic mass is 10.0. The largest absolute Gasteiger partial charge is 0.481 e. The van der Waals surface area contributed by atoms with Gasteiger partial charge < -0.3 is 31.9 Å². The Kier molecular flexibility index (Phi) is 15.4. The molecular weight excluding hydrogens is 520 g/mol. The lowest BCUT2D eigenvalue weighted by molar-refractivity contribution is -0.143. The summed E-state index contributed by atoms with van der Waals surface area (Å²) < 4.78 is 0. The number of nitrogens with one attached hydrogen (secondary N) is 3. The summed E-state index contributed by atoms with van der Waals surface area (Å²) in [6.45, 7) is 0. The second-order valence-corrected chi connectivity index (χ2v) is 10.3. The number of carboxylic acid groups (broad SMARTS) is 2. The fourth-order valence-corrected chi connectivity index (χ4v) is 4.25. The second-order valence-electron chi connectivity index (χ2n) is 8.31. The molecule has 3 amide bonds. The molecule has 0 saturated carbocycles. The molecule has 13 heteroatoms. The Morgan fingerprint density at radius 1 is 0.784 bits per heavy atom. The highest BCUT2D eigenvalue weighted by Crippen LogP contribution is 2.08. The molecule has 0 heterocycles. The Bertz CT molecular complexity index is 904. The highest BCUT2D eigenvalue weighted by Gasteiger charge is 2.30. The van der Waals surface area contributed by atoms with Gasteiger partial charge in [-0.3, -0.25) is 19.2 Å². The van der Waals surface area contributed by atoms with E-state index in [4.69, 9.17) is 10.8 Å². The minimum Gasteiger partial charge on any atom is -0.481 e. The van der Waals surface area contributed by atoms with E-state index >= 15 is 0 Å². The molecule has 0 aliphatic rings. The molecule has 37 heavy (non-hydrogen) atoms. The van der Waals surface area contributed by atoms with Crippen molar-refractivity contribution >= 4 is 53.2 Å². The molecule has 0 bridgehead atoms. The van der Waals surface area contributed by atoms with Gasteiger partial charge >= 0.3 is 11.9 Å². The first-order valence-corrected chi connectivity index (χ1v) is 14.5. The molecule has 1 aromatic rings. The predicted molar refractivity (Wildman–Crippen MR) is 144 cm³/mol. The Morgan fingerprint density at radius 2 is 1.30 bits per heavy atom. The number of carboxylic acids is 2. The van der Waals surface area contributed by atoms with E-state index in [0.29, 0.717) is 23.5 Å². The van der Waals surface area contributed by atoms with Crippen molar-refractivity contribution in [1.82, 2.24) is 16.0 Å². The topological polar surface area (TPSA) is 188 Å². The zero-order valence-electron chi connectivity index (χ0n) is 21.0. The number of hydrogen-bond donors (Lipinski definition) is 6. The first kappa shape index (κ1) is 32.3. The maximum atomic E-state index is 13.1. The molecule has 1 aromatic carbocycles. The quantitative estimate of drug-likeness (QED) is 0.148. The number of carbonyl (C=O) groups excluding carboxylic acids is 3. The van der Waals surface area contributed by atoms with Gasteiger partial charge in [0, 0.05) is 12.8 Å². The molecule has 0 aliphatic carbocycles. The number of hydrogen-bond acceptors (Lipinski definition) is 8. The average Bonchev–Trinajstić information content (AvgIpc) is 2.86. The molecule has 11 nitrogen and oxygen atoms in total. The summed E-state index contributed by atoms with van der Waals surface area (Å²) in [6.07, 6.45) is 3.71. The predicted octanol–water partition coefficient (Wildman–Crippen LogP) is 0.466. The van der Waals surface area contributed by atoms with Crippen LogP contribution >= 0.6 is 23.5 Å². The van der Waals surface area contributed by atoms with Crippen molar-refractivity contribution in [3.05, 3.63) is 35.9 Å². The van der Waals surface area contributed by atoms with Crippen molar-refractivity contribution in [2.24, 2.45) is 5.73 Å². The Hall–Kier alpha value is -2.77. The fraction of sp³-hybridized carbons (Fsp3) is 0.542. The number of benzene rings is 1. The lowest BCUT2D eigenvalue weighted by Gasteiger charge is -2.25. The molecule has 4 atom stereocenters. The molecule has 0 aliphatic heterocycles. The summed E-state index contributed by atoms with van der Waals surface area (Å²) in [7, 11) is 0. The fourth-order valence-electron chi connectivity index (χ4n) is 3.29. The molecule has 1 rings (SSSR count). The van der Waals surface area contributed by atoms with Gasteiger partial charge in [0.1, 0.15) is 18.1 Å². The first-order chi connectivity index (χ1) is 17.6. The van der Waals surface area contributed by atoms with Crippen LogP contribution in [-0.2, 0) is 30.4 Å². The smallest absolute Gasteiger partial charge is 0.326 e. The van der Waals surface area contributed by atoms with E-state index in [2.05, 4.69) is 16.0 Å². The molecule has 0 spiro atoms. The SMILES string of the molecule is CSCCC(N)C(=O)NC(CCSC)C(=O)NC(CCC(=O)O)C(=O)NC(Cc1ccccc1)C(=O)O. The Labute approximate surface area is 225 Å². The number of nitrogens with two attached hydrogens (primary N) is 1. The van der Waals surface area contributed by atoms with Crippen molar-refractivity contribution in [2.75, 3.05) is 24.0 Å². The maximum Gasteiger partial charge on any atom is 0.326 e. The van der Waals surface area contributed by atoms with Gasteiger partial charge in [0.15, 0.2) is 0 Å². The lowest BCUT2D eigenvalue weighted by Crippen LogP contribution is -2.57. The van der Waals surface area contributed by atoms with E-state index < -0.39 is 60.2 Å². The van der Waals surface area contributed by atoms with E-state index in [1.54, 1.807) is 30.3 Å². The normalized spacial score (nSPS) is 14.0. The Balaban J connectivity index is 2.99. The van der Waals surface area contributed by atoms with Crippen LogP contribution in [0.15, 0.2) is 30.3 Å². The zero-order valence-corrected chi connectivity index (χ0v) is 22.6. The molecule has 7 N–H and O–H groups in total. The number of carbonyl (C=O) groups is 5. The molecule has 0 aromatic heterocycles. The van der Waals surface area contributed by atoms with E-state index in [-0.39, 0.29) is 19.3 Å². The molecule has 4 unspecified atom stereocenters. The zero-order chi connectivity index (χ0) is 27.8. The van der Waals surface area contributed by atoms with Crippen molar-refractivity contribution in [3.63, 3.8) is 0 Å². The van der Waals surface area contributed by atoms with Crippen LogP contribution < -0.4 is 21.7 Å². The second kappa shape index (κ2) is 17.6. The highest BCUT2D eigenvalue weighted by atomic mass is 32.2. The highest BCUT2D eigenvalue weighted by molar-refractivity contribution is 7.98. The molecule has 0 radical (unpaired) electrons. The summed E-state index contributed by atoms with van der Waals surface area (Å²) in [5.41, 5.74) is 6.59. The van der Waals surface area contributed by atoms with Gasteiger partial charge in [0.2, 0.25) is 17.7 Å². The third-order valence-electron chi connectivity index (χ3n) is 5.39. The van der Waals surface area contributed by atoms with Crippen LogP contribution in [0.4, 0.5) is 0 Å². The van der Waals surface area contributed by atoms with Gasteiger partial charge in [0.05, 0.1) is 6.04 Å². The minimum absolute atomic E-state index is 0.00184. The van der Waals surface area contributed by atoms with Crippen LogP contribution in [0.5, 0.6) is 0 Å². The third-order valence-corrected chi connectivity index (χ3v) is 6.68. The maximum absolute atomic E-state index is 13.1. The summed E-state index contributed by atoms with van der Waals surface area (Å²) in [5.74, 6) is -3.27. The van der Waals surface area contributed by atoms with Crippen LogP contribution in [0.2, 0.25) is 0 Å². The van der Waals surface area contributed by atoms with Crippen LogP contribution in [0, 0.1) is 0 Å². The molecule has 206 valence electrons. The monoisotopic (exact) mass is 556 g/mol. The molecule has 0 saturated heterocycles. The van der Waals surface area contributed by atoms with E-state index in [1.807, 2.05) is 12.5 Å². The van der Waals surface area contributed by atoms with Crippen molar-refractivity contribution in [1.29, 1.82) is 0 Å². The first-order valence-electron chi connectivity index (χ1n) is 11.7. The molecular formula is C24H36N4O7S2. The van der Waals surface area contributed by atoms with E-state index in [1.165, 1.54) is 23.5 Å². The van der Waals surface area contributed by atoms with Crippen molar-refractivity contribution in [3.8, 4) is 0 Å². The van der Waals surface area contributed by atoms with Crippen LogP contribution in [0.3, 0.4) is 0 Å². The van der Waals surface area contributed by atoms with Crippen molar-refractivity contribution in [2.45, 2.75) is 56.3 Å². The number of amides is 3. The Morgan fingerprint density at radius 3 is 1.84 bits per heavy atom. The van der Waals surface area contributed by atoms with Gasteiger partial charge in [-0.2, -0.15) is 23.5 Å². The standard InChI is InChI=1S/C24H36N4O7S2/c1-36-12-10-16(25)21(31)26-18(11-13-37-2)23(33)27-17(8-9-20(29)30)22(32)28-19(24(34)35)14-15-6-4-3-5-7-15/h3-7,16-19H,8-14,25H2,1-2H3,(H,26,31)(H,27,33)(H,28,32)(H,29,30)(H,34,35). The summed E-state index contributed by atoms with van der Waals surface area (Å²) in [4.78, 5) is 61.5. The van der Waals surface area contributed by atoms with Gasteiger partial charge in [0.25, 0.3) is 0 Å². The number of thioether (sulfide) groups is 2. The van der Waals surface area contributed by atoms with Gasteiger partial charge in [-0.05, 0) is 48.8 Å². The number of aliphatic carboxylic acids is 2. The molecule has 0 fully saturated rings. The van der Waals surface area contributed by atoms with Crippen molar-refractivity contribution < 1.29 is 34.2 Å². The number of rotatable bonds is 18. The van der Waals surface area contributed by atoms with Gasteiger partial charge in [-0.15, -0.1) is 0 Å². The average molecular weight is 557 g/mol. The minimum atomic E-state index is -1.32. The summed E-state index contributed by atoms with van der Waals surface area (Å²) in [6, 6.07) is 4.27. The van der Waals surface area contributed by atoms with Gasteiger partial charge in [-0.25, -0.2) is 4.79 Å². The van der Waals surface area contributed by atoms with Gasteiger partial charge in [-0.1, -0.05) is 30.3 Å². The van der Waals surface area contributed by atoms with Crippen LogP contribution in [-0.4, -0.2) is 88.1 Å². The summed E-state index contributed by atoms with van der Waals surface area (Å²) in [5, 5.41) is 26.2. The summed E-state index contributed by atoms with van der Waals surface area (Å²) >= 11 is 3.00.